The van der Waals surface area contributed by atoms with Crippen LogP contribution in [0.3, 0.4) is 0 Å². The van der Waals surface area contributed by atoms with Crippen molar-refractivity contribution in [3.8, 4) is 0 Å². The summed E-state index contributed by atoms with van der Waals surface area (Å²) < 4.78 is 0. The third-order valence-corrected chi connectivity index (χ3v) is 3.49. The van der Waals surface area contributed by atoms with Crippen molar-refractivity contribution in [3.05, 3.63) is 42.3 Å². The van der Waals surface area contributed by atoms with Crippen LogP contribution in [0.1, 0.15) is 48.0 Å². The van der Waals surface area contributed by atoms with Gasteiger partial charge in [-0.1, -0.05) is 31.4 Å². The van der Waals surface area contributed by atoms with E-state index in [4.69, 9.17) is 0 Å². The Morgan fingerprint density at radius 1 is 1.18 bits per heavy atom. The Hall–Kier alpha value is -1.31. The van der Waals surface area contributed by atoms with E-state index in [0.29, 0.717) is 5.92 Å². The molecule has 1 aliphatic carbocycles. The van der Waals surface area contributed by atoms with Crippen molar-refractivity contribution >= 4 is 5.91 Å². The number of carbonyl (C=O) groups excluding carboxylic acids is 1. The lowest BCUT2D eigenvalue weighted by atomic mass is 9.89. The average Bonchev–Trinajstić information content (AvgIpc) is 2.38. The lowest BCUT2D eigenvalue weighted by molar-refractivity contribution is 0.0943. The Labute approximate surface area is 103 Å². The highest BCUT2D eigenvalue weighted by molar-refractivity contribution is 5.94. The molecule has 0 unspecified atom stereocenters. The molecule has 91 valence electrons. The minimum absolute atomic E-state index is 0.0376. The third-order valence-electron chi connectivity index (χ3n) is 3.49. The lowest BCUT2D eigenvalue weighted by Crippen LogP contribution is -2.30. The fourth-order valence-electron chi connectivity index (χ4n) is 2.39. The molecule has 0 atom stereocenters. The highest BCUT2D eigenvalue weighted by Gasteiger charge is 2.14. The molecule has 1 aromatic rings. The van der Waals surface area contributed by atoms with Crippen molar-refractivity contribution in [3.63, 3.8) is 0 Å². The fraction of sp³-hybridized carbons (Fsp3) is 0.467. The normalized spacial score (nSPS) is 16.8. The van der Waals surface area contributed by atoms with E-state index in [1.165, 1.54) is 32.1 Å². The molecule has 2 rings (SSSR count). The van der Waals surface area contributed by atoms with Gasteiger partial charge in [0, 0.05) is 12.1 Å². The first-order chi connectivity index (χ1) is 8.25. The summed E-state index contributed by atoms with van der Waals surface area (Å²) in [6.45, 7) is 4.63. The molecule has 1 fully saturated rings. The predicted molar refractivity (Wildman–Crippen MR) is 69.8 cm³/mol. The third kappa shape index (κ3) is 3.58. The van der Waals surface area contributed by atoms with Gasteiger partial charge < -0.3 is 5.32 Å². The minimum Gasteiger partial charge on any atom is -0.352 e. The van der Waals surface area contributed by atoms with Crippen molar-refractivity contribution in [2.75, 3.05) is 6.54 Å². The average molecular weight is 230 g/mol. The zero-order valence-electron chi connectivity index (χ0n) is 10.2. The summed E-state index contributed by atoms with van der Waals surface area (Å²) >= 11 is 0. The van der Waals surface area contributed by atoms with E-state index in [1.807, 2.05) is 24.3 Å². The van der Waals surface area contributed by atoms with Gasteiger partial charge in [-0.05, 0) is 43.4 Å². The molecule has 1 amide bonds. The molecule has 0 saturated heterocycles. The number of rotatable bonds is 3. The van der Waals surface area contributed by atoms with Gasteiger partial charge in [0.15, 0.2) is 0 Å². The highest BCUT2D eigenvalue weighted by Crippen LogP contribution is 2.22. The molecule has 1 N–H and O–H groups in total. The molecule has 0 heterocycles. The summed E-state index contributed by atoms with van der Waals surface area (Å²) in [5, 5.41) is 3.03. The fourth-order valence-corrected chi connectivity index (χ4v) is 2.39. The molecule has 0 spiro atoms. The first-order valence-corrected chi connectivity index (χ1v) is 6.46. The van der Waals surface area contributed by atoms with Crippen molar-refractivity contribution in [1.82, 2.24) is 5.32 Å². The Kier molecular flexibility index (Phi) is 4.18. The first kappa shape index (κ1) is 12.2. The zero-order valence-corrected chi connectivity index (χ0v) is 10.2. The predicted octanol–water partition coefficient (Wildman–Crippen LogP) is 3.18. The number of hydrogen-bond acceptors (Lipinski definition) is 1. The topological polar surface area (TPSA) is 29.1 Å². The summed E-state index contributed by atoms with van der Waals surface area (Å²) in [6.07, 6.45) is 6.51. The summed E-state index contributed by atoms with van der Waals surface area (Å²) in [6, 6.07) is 7.40. The van der Waals surface area contributed by atoms with Crippen LogP contribution >= 0.6 is 0 Å². The molecular formula is C15H20NO. The lowest BCUT2D eigenvalue weighted by Gasteiger charge is -2.21. The standard InChI is InChI=1S/C15H20NO/c1-12-7-9-14(10-8-12)15(17)16-11-13-5-3-2-4-6-13/h7-10,13H,1-6,11H2,(H,16,17). The van der Waals surface area contributed by atoms with Crippen LogP contribution in [0.15, 0.2) is 24.3 Å². The van der Waals surface area contributed by atoms with Crippen LogP contribution in [0.4, 0.5) is 0 Å². The monoisotopic (exact) mass is 230 g/mol. The first-order valence-electron chi connectivity index (χ1n) is 6.46. The van der Waals surface area contributed by atoms with Crippen LogP contribution in [-0.2, 0) is 0 Å². The second-order valence-electron chi connectivity index (χ2n) is 4.91. The van der Waals surface area contributed by atoms with Gasteiger partial charge in [0.1, 0.15) is 0 Å². The molecule has 1 aromatic carbocycles. The van der Waals surface area contributed by atoms with E-state index in [-0.39, 0.29) is 5.91 Å². The summed E-state index contributed by atoms with van der Waals surface area (Å²) in [5.41, 5.74) is 1.67. The van der Waals surface area contributed by atoms with Gasteiger partial charge in [0.2, 0.25) is 0 Å². The molecule has 2 heteroatoms. The highest BCUT2D eigenvalue weighted by atomic mass is 16.1. The summed E-state index contributed by atoms with van der Waals surface area (Å²) in [4.78, 5) is 11.9. The summed E-state index contributed by atoms with van der Waals surface area (Å²) in [7, 11) is 0. The van der Waals surface area contributed by atoms with Gasteiger partial charge >= 0.3 is 0 Å². The SMILES string of the molecule is [CH2]c1ccc(C(=O)NCC2CCCCC2)cc1. The Morgan fingerprint density at radius 2 is 1.82 bits per heavy atom. The van der Waals surface area contributed by atoms with Crippen LogP contribution in [0.25, 0.3) is 0 Å². The molecule has 0 aromatic heterocycles. The van der Waals surface area contributed by atoms with Gasteiger partial charge in [0.25, 0.3) is 5.91 Å². The van der Waals surface area contributed by atoms with Gasteiger partial charge in [0.05, 0.1) is 0 Å². The van der Waals surface area contributed by atoms with Crippen LogP contribution in [0.2, 0.25) is 0 Å². The molecular weight excluding hydrogens is 210 g/mol. The molecule has 17 heavy (non-hydrogen) atoms. The number of hydrogen-bond donors (Lipinski definition) is 1. The quantitative estimate of drug-likeness (QED) is 0.849. The van der Waals surface area contributed by atoms with E-state index in [9.17, 15) is 4.79 Å². The summed E-state index contributed by atoms with van der Waals surface area (Å²) in [5.74, 6) is 0.718. The molecule has 2 nitrogen and oxygen atoms in total. The molecule has 0 bridgehead atoms. The van der Waals surface area contributed by atoms with E-state index < -0.39 is 0 Å². The maximum atomic E-state index is 11.9. The van der Waals surface area contributed by atoms with Gasteiger partial charge in [-0.3, -0.25) is 4.79 Å². The minimum atomic E-state index is 0.0376. The van der Waals surface area contributed by atoms with Crippen LogP contribution in [0.5, 0.6) is 0 Å². The number of benzene rings is 1. The van der Waals surface area contributed by atoms with Gasteiger partial charge in [-0.15, -0.1) is 0 Å². The van der Waals surface area contributed by atoms with E-state index >= 15 is 0 Å². The van der Waals surface area contributed by atoms with Crippen molar-refractivity contribution < 1.29 is 4.79 Å². The second-order valence-corrected chi connectivity index (χ2v) is 4.91. The Bertz CT molecular complexity index is 363. The van der Waals surface area contributed by atoms with Crippen LogP contribution < -0.4 is 5.32 Å². The second kappa shape index (κ2) is 5.85. The molecule has 1 radical (unpaired) electrons. The maximum absolute atomic E-state index is 11.9. The molecule has 1 saturated carbocycles. The van der Waals surface area contributed by atoms with Crippen LogP contribution in [-0.4, -0.2) is 12.5 Å². The zero-order chi connectivity index (χ0) is 12.1. The van der Waals surface area contributed by atoms with Gasteiger partial charge in [-0.25, -0.2) is 0 Å². The molecule has 1 aliphatic rings. The van der Waals surface area contributed by atoms with E-state index in [1.54, 1.807) is 0 Å². The van der Waals surface area contributed by atoms with E-state index in [0.717, 1.165) is 17.7 Å². The van der Waals surface area contributed by atoms with Crippen molar-refractivity contribution in [1.29, 1.82) is 0 Å². The van der Waals surface area contributed by atoms with Crippen molar-refractivity contribution in [2.45, 2.75) is 32.1 Å². The number of nitrogens with one attached hydrogen (secondary N) is 1. The Morgan fingerprint density at radius 3 is 2.47 bits per heavy atom. The van der Waals surface area contributed by atoms with E-state index in [2.05, 4.69) is 12.2 Å². The molecule has 0 aliphatic heterocycles. The number of carbonyl (C=O) groups is 1. The Balaban J connectivity index is 1.82. The van der Waals surface area contributed by atoms with Crippen molar-refractivity contribution in [2.24, 2.45) is 5.92 Å². The number of amides is 1. The maximum Gasteiger partial charge on any atom is 0.251 e. The largest absolute Gasteiger partial charge is 0.352 e. The van der Waals surface area contributed by atoms with Gasteiger partial charge in [-0.2, -0.15) is 0 Å². The van der Waals surface area contributed by atoms with Crippen LogP contribution in [0, 0.1) is 12.8 Å². The smallest absolute Gasteiger partial charge is 0.251 e.